The van der Waals surface area contributed by atoms with Crippen molar-refractivity contribution < 1.29 is 0 Å². The van der Waals surface area contributed by atoms with Gasteiger partial charge in [0.25, 0.3) is 11.1 Å². The van der Waals surface area contributed by atoms with E-state index < -0.39 is 0 Å². The fourth-order valence-electron chi connectivity index (χ4n) is 2.50. The smallest absolute Gasteiger partial charge is 0.298 e. The monoisotopic (exact) mass is 404 g/mol. The van der Waals surface area contributed by atoms with Gasteiger partial charge in [0.15, 0.2) is 23.0 Å². The molecule has 0 saturated heterocycles. The van der Waals surface area contributed by atoms with Crippen molar-refractivity contribution >= 4 is 0 Å². The first-order valence-electron chi connectivity index (χ1n) is 8.93. The number of nitrogen functional groups attached to an aromatic ring is 2. The zero-order valence-electron chi connectivity index (χ0n) is 16.4. The van der Waals surface area contributed by atoms with E-state index in [1.165, 1.54) is 0 Å². The van der Waals surface area contributed by atoms with E-state index in [-0.39, 0.29) is 22.5 Å². The van der Waals surface area contributed by atoms with Crippen LogP contribution in [-0.2, 0) is 0 Å². The number of rotatable bonds is 2. The average Bonchev–Trinajstić information content (AvgIpc) is 2.78. The second-order valence-corrected chi connectivity index (χ2v) is 6.27. The highest BCUT2D eigenvalue weighted by molar-refractivity contribution is 5.57. The van der Waals surface area contributed by atoms with Crippen LogP contribution < -0.4 is 22.8 Å². The zero-order chi connectivity index (χ0) is 21.7. The lowest BCUT2D eigenvalue weighted by Crippen LogP contribution is -2.32. The Hall–Kier alpha value is -4.34. The minimum absolute atomic E-state index is 0.267. The summed E-state index contributed by atoms with van der Waals surface area (Å²) in [6, 6.07) is 18.2. The standard InChI is InChI=1S/2C10H10N4O/c2*1-7-12-13-9(10(15)14(7)11)8-5-3-2-4-6-8/h2*2-6H,11H2,1H3. The first-order chi connectivity index (χ1) is 14.4. The Bertz CT molecular complexity index is 1170. The van der Waals surface area contributed by atoms with Crippen molar-refractivity contribution in [3.63, 3.8) is 0 Å². The van der Waals surface area contributed by atoms with Crippen molar-refractivity contribution in [1.82, 2.24) is 29.7 Å². The number of aromatic nitrogens is 6. The third-order valence-corrected chi connectivity index (χ3v) is 4.22. The van der Waals surface area contributed by atoms with Crippen LogP contribution in [0.4, 0.5) is 0 Å². The van der Waals surface area contributed by atoms with Crippen LogP contribution in [0.3, 0.4) is 0 Å². The summed E-state index contributed by atoms with van der Waals surface area (Å²) in [5.41, 5.74) is 1.29. The van der Waals surface area contributed by atoms with E-state index in [0.717, 1.165) is 9.35 Å². The van der Waals surface area contributed by atoms with E-state index >= 15 is 0 Å². The predicted molar refractivity (Wildman–Crippen MR) is 113 cm³/mol. The van der Waals surface area contributed by atoms with Crippen LogP contribution in [0.15, 0.2) is 70.3 Å². The normalized spacial score (nSPS) is 10.2. The Morgan fingerprint density at radius 3 is 1.27 bits per heavy atom. The van der Waals surface area contributed by atoms with E-state index in [4.69, 9.17) is 11.7 Å². The van der Waals surface area contributed by atoms with Crippen LogP contribution >= 0.6 is 0 Å². The van der Waals surface area contributed by atoms with Gasteiger partial charge in [-0.2, -0.15) is 0 Å². The highest BCUT2D eigenvalue weighted by atomic mass is 16.1. The zero-order valence-corrected chi connectivity index (χ0v) is 16.4. The minimum Gasteiger partial charge on any atom is -0.335 e. The van der Waals surface area contributed by atoms with Gasteiger partial charge in [-0.15, -0.1) is 20.4 Å². The van der Waals surface area contributed by atoms with E-state index in [2.05, 4.69) is 20.4 Å². The fourth-order valence-corrected chi connectivity index (χ4v) is 2.50. The van der Waals surface area contributed by atoms with E-state index in [1.807, 2.05) is 36.4 Å². The average molecular weight is 404 g/mol. The Morgan fingerprint density at radius 2 is 0.933 bits per heavy atom. The van der Waals surface area contributed by atoms with Crippen molar-refractivity contribution in [2.75, 3.05) is 11.7 Å². The van der Waals surface area contributed by atoms with E-state index in [1.54, 1.807) is 38.1 Å². The Labute approximate surface area is 171 Å². The minimum atomic E-state index is -0.339. The quantitative estimate of drug-likeness (QED) is 0.463. The Kier molecular flexibility index (Phi) is 5.97. The van der Waals surface area contributed by atoms with Crippen LogP contribution in [0.25, 0.3) is 22.5 Å². The molecular weight excluding hydrogens is 384 g/mol. The van der Waals surface area contributed by atoms with Crippen LogP contribution in [0.2, 0.25) is 0 Å². The number of aryl methyl sites for hydroxylation is 2. The maximum Gasteiger partial charge on any atom is 0.298 e. The molecular formula is C20H20N8O2. The summed E-state index contributed by atoms with van der Waals surface area (Å²) >= 11 is 0. The number of nitrogens with zero attached hydrogens (tertiary/aromatic N) is 6. The third-order valence-electron chi connectivity index (χ3n) is 4.22. The van der Waals surface area contributed by atoms with Crippen molar-refractivity contribution in [3.05, 3.63) is 93.0 Å². The molecule has 2 heterocycles. The van der Waals surface area contributed by atoms with Crippen molar-refractivity contribution in [1.29, 1.82) is 0 Å². The second kappa shape index (κ2) is 8.78. The summed E-state index contributed by atoms with van der Waals surface area (Å²) in [5.74, 6) is 11.8. The van der Waals surface area contributed by atoms with Crippen molar-refractivity contribution in [2.24, 2.45) is 0 Å². The topological polar surface area (TPSA) is 148 Å². The Balaban J connectivity index is 0.000000171. The van der Waals surface area contributed by atoms with E-state index in [9.17, 15) is 9.59 Å². The fraction of sp³-hybridized carbons (Fsp3) is 0.100. The van der Waals surface area contributed by atoms with Gasteiger partial charge in [-0.05, 0) is 13.8 Å². The van der Waals surface area contributed by atoms with Gasteiger partial charge in [0, 0.05) is 11.1 Å². The summed E-state index contributed by atoms with van der Waals surface area (Å²) in [7, 11) is 0. The van der Waals surface area contributed by atoms with Gasteiger partial charge in [0.1, 0.15) is 0 Å². The second-order valence-electron chi connectivity index (χ2n) is 6.27. The van der Waals surface area contributed by atoms with Gasteiger partial charge < -0.3 is 11.7 Å². The molecule has 0 amide bonds. The lowest BCUT2D eigenvalue weighted by molar-refractivity contribution is 0.774. The molecule has 0 saturated carbocycles. The molecule has 152 valence electrons. The SMILES string of the molecule is Cc1nnc(-c2ccccc2)c(=O)n1N.Cc1nnc(-c2ccccc2)c(=O)n1N. The van der Waals surface area contributed by atoms with Gasteiger partial charge in [0.2, 0.25) is 0 Å². The molecule has 0 atom stereocenters. The highest BCUT2D eigenvalue weighted by Crippen LogP contribution is 2.11. The lowest BCUT2D eigenvalue weighted by Gasteiger charge is -2.03. The Morgan fingerprint density at radius 1 is 0.600 bits per heavy atom. The van der Waals surface area contributed by atoms with Crippen molar-refractivity contribution in [3.8, 4) is 22.5 Å². The van der Waals surface area contributed by atoms with Gasteiger partial charge >= 0.3 is 0 Å². The largest absolute Gasteiger partial charge is 0.335 e. The molecule has 10 heteroatoms. The molecule has 0 aliphatic heterocycles. The molecule has 30 heavy (non-hydrogen) atoms. The molecule has 0 aliphatic carbocycles. The van der Waals surface area contributed by atoms with Gasteiger partial charge in [-0.25, -0.2) is 9.35 Å². The molecule has 0 unspecified atom stereocenters. The van der Waals surface area contributed by atoms with Gasteiger partial charge in [-0.1, -0.05) is 60.7 Å². The highest BCUT2D eigenvalue weighted by Gasteiger charge is 2.09. The summed E-state index contributed by atoms with van der Waals surface area (Å²) < 4.78 is 1.99. The summed E-state index contributed by atoms with van der Waals surface area (Å²) in [5, 5.41) is 15.3. The molecule has 2 aromatic heterocycles. The summed E-state index contributed by atoms with van der Waals surface area (Å²) in [6.07, 6.45) is 0. The molecule has 0 fully saturated rings. The number of benzene rings is 2. The number of hydrogen-bond acceptors (Lipinski definition) is 8. The lowest BCUT2D eigenvalue weighted by atomic mass is 10.2. The van der Waals surface area contributed by atoms with Crippen LogP contribution in [0.1, 0.15) is 11.6 Å². The molecule has 2 aromatic carbocycles. The molecule has 4 aromatic rings. The van der Waals surface area contributed by atoms with Gasteiger partial charge in [-0.3, -0.25) is 9.59 Å². The predicted octanol–water partition coefficient (Wildman–Crippen LogP) is 0.655. The van der Waals surface area contributed by atoms with Gasteiger partial charge in [0.05, 0.1) is 0 Å². The molecule has 0 bridgehead atoms. The molecule has 0 aliphatic rings. The third kappa shape index (κ3) is 4.22. The maximum atomic E-state index is 11.7. The van der Waals surface area contributed by atoms with E-state index in [0.29, 0.717) is 22.8 Å². The molecule has 4 rings (SSSR count). The number of nitrogens with two attached hydrogens (primary N) is 2. The van der Waals surface area contributed by atoms with Crippen LogP contribution in [-0.4, -0.2) is 29.7 Å². The van der Waals surface area contributed by atoms with Crippen LogP contribution in [0, 0.1) is 13.8 Å². The first-order valence-corrected chi connectivity index (χ1v) is 8.93. The van der Waals surface area contributed by atoms with Crippen molar-refractivity contribution in [2.45, 2.75) is 13.8 Å². The molecule has 4 N–H and O–H groups in total. The molecule has 0 spiro atoms. The summed E-state index contributed by atoms with van der Waals surface area (Å²) in [4.78, 5) is 23.5. The van der Waals surface area contributed by atoms with Crippen LogP contribution in [0.5, 0.6) is 0 Å². The maximum absolute atomic E-state index is 11.7. The molecule has 10 nitrogen and oxygen atoms in total. The molecule has 0 radical (unpaired) electrons. The number of hydrogen-bond donors (Lipinski definition) is 2. The summed E-state index contributed by atoms with van der Waals surface area (Å²) in [6.45, 7) is 3.26. The first kappa shape index (κ1) is 20.4.